The zero-order chi connectivity index (χ0) is 25.4. The van der Waals surface area contributed by atoms with Gasteiger partial charge >= 0.3 is 5.97 Å². The summed E-state index contributed by atoms with van der Waals surface area (Å²) in [6.07, 6.45) is 12.4. The number of methoxy groups -OCH3 is 1. The van der Waals surface area contributed by atoms with Gasteiger partial charge in [0.25, 0.3) is 0 Å². The van der Waals surface area contributed by atoms with E-state index in [9.17, 15) is 9.18 Å². The number of benzene rings is 1. The number of unbranched alkanes of at least 4 members (excludes halogenated alkanes) is 1. The predicted octanol–water partition coefficient (Wildman–Crippen LogP) is 5.80. The molecule has 0 saturated heterocycles. The van der Waals surface area contributed by atoms with E-state index in [1.54, 1.807) is 17.8 Å². The van der Waals surface area contributed by atoms with E-state index in [0.717, 1.165) is 62.8 Å². The third-order valence-electron chi connectivity index (χ3n) is 8.03. The van der Waals surface area contributed by atoms with E-state index < -0.39 is 5.54 Å². The Labute approximate surface area is 215 Å². The highest BCUT2D eigenvalue weighted by molar-refractivity contribution is 7.98. The SMILES string of the molecule is CCCCN1C=NC(CCSC)(C(=O)OC)C1CC1CCC(C(c2cccc(F)c2)N(C)C)CC1. The summed E-state index contributed by atoms with van der Waals surface area (Å²) in [5.41, 5.74) is 0.269. The molecule has 1 fully saturated rings. The lowest BCUT2D eigenvalue weighted by Crippen LogP contribution is -2.53. The monoisotopic (exact) mass is 505 g/mol. The molecule has 1 aromatic rings. The molecule has 0 radical (unpaired) electrons. The van der Waals surface area contributed by atoms with Gasteiger partial charge in [-0.15, -0.1) is 0 Å². The van der Waals surface area contributed by atoms with Crippen LogP contribution in [0.25, 0.3) is 0 Å². The van der Waals surface area contributed by atoms with Crippen LogP contribution >= 0.6 is 11.8 Å². The largest absolute Gasteiger partial charge is 0.467 e. The molecule has 3 unspecified atom stereocenters. The summed E-state index contributed by atoms with van der Waals surface area (Å²) < 4.78 is 19.3. The minimum atomic E-state index is -0.796. The number of hydrogen-bond acceptors (Lipinski definition) is 6. The maximum absolute atomic E-state index is 14.0. The first-order valence-electron chi connectivity index (χ1n) is 13.2. The number of carbonyl (C=O) groups excluding carboxylic acids is 1. The lowest BCUT2D eigenvalue weighted by molar-refractivity contribution is -0.148. The molecule has 0 spiro atoms. The highest BCUT2D eigenvalue weighted by Gasteiger charge is 2.52. The van der Waals surface area contributed by atoms with Crippen LogP contribution in [0.15, 0.2) is 29.3 Å². The Hall–Kier alpha value is -1.60. The van der Waals surface area contributed by atoms with Crippen LogP contribution in [0.3, 0.4) is 0 Å². The maximum Gasteiger partial charge on any atom is 0.336 e. The number of halogens is 1. The third kappa shape index (κ3) is 6.59. The van der Waals surface area contributed by atoms with Crippen LogP contribution in [0.5, 0.6) is 0 Å². The van der Waals surface area contributed by atoms with E-state index in [-0.39, 0.29) is 23.9 Å². The zero-order valence-electron chi connectivity index (χ0n) is 22.2. The van der Waals surface area contributed by atoms with Crippen molar-refractivity contribution in [2.24, 2.45) is 16.8 Å². The number of aliphatic imine (C=N–C) groups is 1. The van der Waals surface area contributed by atoms with Gasteiger partial charge in [0.2, 0.25) is 0 Å². The highest BCUT2D eigenvalue weighted by atomic mass is 32.2. The molecular formula is C28H44FN3O2S. The molecule has 0 aromatic heterocycles. The molecule has 5 nitrogen and oxygen atoms in total. The summed E-state index contributed by atoms with van der Waals surface area (Å²) in [6.45, 7) is 3.13. The first-order valence-corrected chi connectivity index (χ1v) is 14.6. The minimum Gasteiger partial charge on any atom is -0.467 e. The summed E-state index contributed by atoms with van der Waals surface area (Å²) in [4.78, 5) is 22.5. The molecule has 0 bridgehead atoms. The van der Waals surface area contributed by atoms with Gasteiger partial charge < -0.3 is 14.5 Å². The van der Waals surface area contributed by atoms with Gasteiger partial charge in [-0.05, 0) is 87.7 Å². The molecule has 1 saturated carbocycles. The molecule has 3 rings (SSSR count). The van der Waals surface area contributed by atoms with Gasteiger partial charge in [-0.2, -0.15) is 11.8 Å². The van der Waals surface area contributed by atoms with Gasteiger partial charge in [-0.25, -0.2) is 9.18 Å². The molecule has 1 heterocycles. The minimum absolute atomic E-state index is 0.0584. The quantitative estimate of drug-likeness (QED) is 0.336. The standard InChI is InChI=1S/C28H44FN3O2S/c1-6-7-16-32-20-30-28(15-17-35-5,27(33)34-4)25(32)18-21-11-13-22(14-12-21)26(31(2)3)23-9-8-10-24(29)19-23/h8-10,19-22,25-26H,6-7,11-18H2,1-5H3. The van der Waals surface area contributed by atoms with Crippen LogP contribution in [-0.4, -0.2) is 73.4 Å². The van der Waals surface area contributed by atoms with Crippen LogP contribution in [0.1, 0.15) is 69.9 Å². The topological polar surface area (TPSA) is 45.1 Å². The summed E-state index contributed by atoms with van der Waals surface area (Å²) >= 11 is 1.76. The molecule has 0 N–H and O–H groups in total. The van der Waals surface area contributed by atoms with Crippen molar-refractivity contribution < 1.29 is 13.9 Å². The summed E-state index contributed by atoms with van der Waals surface area (Å²) in [7, 11) is 5.68. The Balaban J connectivity index is 1.73. The number of thioether (sulfide) groups is 1. The van der Waals surface area contributed by atoms with Crippen molar-refractivity contribution in [3.8, 4) is 0 Å². The molecule has 7 heteroatoms. The Morgan fingerprint density at radius 2 is 2.06 bits per heavy atom. The normalized spacial score (nSPS) is 27.4. The van der Waals surface area contributed by atoms with Gasteiger partial charge in [0.1, 0.15) is 5.82 Å². The van der Waals surface area contributed by atoms with Gasteiger partial charge in [-0.3, -0.25) is 4.99 Å². The molecule has 1 aromatic carbocycles. The van der Waals surface area contributed by atoms with Gasteiger partial charge in [-0.1, -0.05) is 38.3 Å². The Morgan fingerprint density at radius 1 is 1.31 bits per heavy atom. The summed E-state index contributed by atoms with van der Waals surface area (Å²) in [5, 5.41) is 0. The number of carbonyl (C=O) groups is 1. The van der Waals surface area contributed by atoms with Crippen molar-refractivity contribution in [2.45, 2.75) is 75.9 Å². The summed E-state index contributed by atoms with van der Waals surface area (Å²) in [5.74, 6) is 1.58. The molecule has 1 aliphatic carbocycles. The predicted molar refractivity (Wildman–Crippen MR) is 145 cm³/mol. The first kappa shape index (κ1) is 28.0. The van der Waals surface area contributed by atoms with E-state index in [4.69, 9.17) is 9.73 Å². The average molecular weight is 506 g/mol. The highest BCUT2D eigenvalue weighted by Crippen LogP contribution is 2.43. The van der Waals surface area contributed by atoms with Crippen LogP contribution < -0.4 is 0 Å². The number of esters is 1. The second kappa shape index (κ2) is 13.1. The van der Waals surface area contributed by atoms with Crippen molar-refractivity contribution in [2.75, 3.05) is 39.8 Å². The molecule has 0 amide bonds. The molecular weight excluding hydrogens is 461 g/mol. The van der Waals surface area contributed by atoms with Crippen LogP contribution in [0.4, 0.5) is 4.39 Å². The molecule has 196 valence electrons. The molecule has 2 aliphatic rings. The van der Waals surface area contributed by atoms with Crippen LogP contribution in [-0.2, 0) is 9.53 Å². The van der Waals surface area contributed by atoms with Crippen LogP contribution in [0.2, 0.25) is 0 Å². The summed E-state index contributed by atoms with van der Waals surface area (Å²) in [6, 6.07) is 7.36. The fourth-order valence-electron chi connectivity index (χ4n) is 6.20. The zero-order valence-corrected chi connectivity index (χ0v) is 23.0. The second-order valence-electron chi connectivity index (χ2n) is 10.5. The Bertz CT molecular complexity index is 843. The number of hydrogen-bond donors (Lipinski definition) is 0. The second-order valence-corrected chi connectivity index (χ2v) is 11.5. The van der Waals surface area contributed by atoms with E-state index >= 15 is 0 Å². The van der Waals surface area contributed by atoms with Crippen LogP contribution in [0, 0.1) is 17.7 Å². The van der Waals surface area contributed by atoms with E-state index in [1.165, 1.54) is 13.2 Å². The van der Waals surface area contributed by atoms with Crippen molar-refractivity contribution in [3.63, 3.8) is 0 Å². The van der Waals surface area contributed by atoms with Crippen molar-refractivity contribution >= 4 is 24.1 Å². The molecule has 35 heavy (non-hydrogen) atoms. The maximum atomic E-state index is 14.0. The molecule has 3 atom stereocenters. The van der Waals surface area contributed by atoms with Crippen molar-refractivity contribution in [1.82, 2.24) is 9.80 Å². The Morgan fingerprint density at radius 3 is 2.66 bits per heavy atom. The number of nitrogens with zero attached hydrogens (tertiary/aromatic N) is 3. The first-order chi connectivity index (χ1) is 16.9. The fraction of sp³-hybridized carbons (Fsp3) is 0.714. The van der Waals surface area contributed by atoms with Crippen molar-refractivity contribution in [3.05, 3.63) is 35.6 Å². The van der Waals surface area contributed by atoms with E-state index in [0.29, 0.717) is 18.3 Å². The average Bonchev–Trinajstić information content (AvgIpc) is 3.19. The molecule has 1 aliphatic heterocycles. The van der Waals surface area contributed by atoms with E-state index in [1.807, 2.05) is 12.4 Å². The van der Waals surface area contributed by atoms with Crippen molar-refractivity contribution in [1.29, 1.82) is 0 Å². The lowest BCUT2D eigenvalue weighted by atomic mass is 9.72. The fourth-order valence-corrected chi connectivity index (χ4v) is 6.71. The number of ether oxygens (including phenoxy) is 1. The van der Waals surface area contributed by atoms with Gasteiger partial charge in [0, 0.05) is 12.6 Å². The smallest absolute Gasteiger partial charge is 0.336 e. The lowest BCUT2D eigenvalue weighted by Gasteiger charge is -2.41. The number of rotatable bonds is 12. The van der Waals surface area contributed by atoms with Gasteiger partial charge in [0.15, 0.2) is 5.54 Å². The van der Waals surface area contributed by atoms with Gasteiger partial charge in [0.05, 0.1) is 19.5 Å². The Kier molecular flexibility index (Phi) is 10.5. The van der Waals surface area contributed by atoms with E-state index in [2.05, 4.69) is 43.1 Å². The third-order valence-corrected chi connectivity index (χ3v) is 8.64.